The number of amides is 1. The van der Waals surface area contributed by atoms with E-state index in [1.54, 1.807) is 7.11 Å². The minimum absolute atomic E-state index is 0.0651. The number of nitrogens with one attached hydrogen (secondary N) is 2. The van der Waals surface area contributed by atoms with Crippen LogP contribution in [0.5, 0.6) is 5.75 Å². The highest BCUT2D eigenvalue weighted by molar-refractivity contribution is 5.81. The summed E-state index contributed by atoms with van der Waals surface area (Å²) >= 11 is 0. The van der Waals surface area contributed by atoms with Crippen molar-refractivity contribution in [3.63, 3.8) is 0 Å². The summed E-state index contributed by atoms with van der Waals surface area (Å²) in [5.74, 6) is 0.871. The lowest BCUT2D eigenvalue weighted by atomic mass is 10.1. The number of rotatable bonds is 5. The van der Waals surface area contributed by atoms with E-state index in [9.17, 15) is 4.79 Å². The van der Waals surface area contributed by atoms with Crippen molar-refractivity contribution < 1.29 is 9.53 Å². The first-order chi connectivity index (χ1) is 10.1. The van der Waals surface area contributed by atoms with Crippen LogP contribution in [-0.2, 0) is 4.79 Å². The quantitative estimate of drug-likeness (QED) is 0.855. The Morgan fingerprint density at radius 2 is 1.95 bits per heavy atom. The van der Waals surface area contributed by atoms with E-state index in [2.05, 4.69) is 15.5 Å². The second-order valence-electron chi connectivity index (χ2n) is 5.43. The molecule has 5 nitrogen and oxygen atoms in total. The molecule has 0 spiro atoms. The molecular formula is C16H25N3O2. The molecule has 1 aliphatic heterocycles. The third kappa shape index (κ3) is 3.95. The van der Waals surface area contributed by atoms with Crippen LogP contribution < -0.4 is 15.4 Å². The first-order valence-corrected chi connectivity index (χ1v) is 7.51. The Hall–Kier alpha value is -1.59. The molecule has 0 saturated carbocycles. The smallest absolute Gasteiger partial charge is 0.237 e. The van der Waals surface area contributed by atoms with Gasteiger partial charge >= 0.3 is 0 Å². The molecule has 0 aliphatic carbocycles. The van der Waals surface area contributed by atoms with Crippen molar-refractivity contribution in [1.82, 2.24) is 15.5 Å². The van der Waals surface area contributed by atoms with Crippen LogP contribution in [0.4, 0.5) is 0 Å². The van der Waals surface area contributed by atoms with E-state index in [1.807, 2.05) is 38.1 Å². The van der Waals surface area contributed by atoms with Crippen molar-refractivity contribution >= 4 is 5.91 Å². The number of benzene rings is 1. The zero-order chi connectivity index (χ0) is 15.2. The normalized spacial score (nSPS) is 18.8. The van der Waals surface area contributed by atoms with Crippen LogP contribution in [0, 0.1) is 0 Å². The summed E-state index contributed by atoms with van der Waals surface area (Å²) in [5.41, 5.74) is 1.00. The molecule has 116 valence electrons. The Morgan fingerprint density at radius 1 is 1.29 bits per heavy atom. The molecule has 1 saturated heterocycles. The Labute approximate surface area is 126 Å². The van der Waals surface area contributed by atoms with Crippen molar-refractivity contribution in [2.75, 3.05) is 33.3 Å². The Balaban J connectivity index is 1.97. The largest absolute Gasteiger partial charge is 0.496 e. The Kier molecular flexibility index (Phi) is 5.59. The van der Waals surface area contributed by atoms with Crippen molar-refractivity contribution in [1.29, 1.82) is 0 Å². The number of ether oxygens (including phenoxy) is 1. The van der Waals surface area contributed by atoms with Gasteiger partial charge in [0.25, 0.3) is 0 Å². The molecule has 5 heteroatoms. The molecule has 2 unspecified atom stereocenters. The number of methoxy groups -OCH3 is 1. The van der Waals surface area contributed by atoms with Gasteiger partial charge in [-0.3, -0.25) is 9.69 Å². The predicted octanol–water partition coefficient (Wildman–Crippen LogP) is 1.17. The van der Waals surface area contributed by atoms with Gasteiger partial charge in [0.2, 0.25) is 5.91 Å². The highest BCUT2D eigenvalue weighted by Gasteiger charge is 2.24. The van der Waals surface area contributed by atoms with Crippen LogP contribution in [-0.4, -0.2) is 50.1 Å². The van der Waals surface area contributed by atoms with Gasteiger partial charge in [-0.15, -0.1) is 0 Å². The van der Waals surface area contributed by atoms with Gasteiger partial charge < -0.3 is 15.4 Å². The molecule has 1 amide bonds. The van der Waals surface area contributed by atoms with Gasteiger partial charge in [-0.2, -0.15) is 0 Å². The molecule has 1 fully saturated rings. The summed E-state index contributed by atoms with van der Waals surface area (Å²) in [5, 5.41) is 6.39. The van der Waals surface area contributed by atoms with Crippen molar-refractivity contribution in [3.8, 4) is 5.75 Å². The highest BCUT2D eigenvalue weighted by atomic mass is 16.5. The van der Waals surface area contributed by atoms with Gasteiger partial charge in [0.15, 0.2) is 0 Å². The number of nitrogens with zero attached hydrogens (tertiary/aromatic N) is 1. The van der Waals surface area contributed by atoms with Crippen LogP contribution in [0.25, 0.3) is 0 Å². The van der Waals surface area contributed by atoms with E-state index >= 15 is 0 Å². The summed E-state index contributed by atoms with van der Waals surface area (Å²) in [6.07, 6.45) is 0. The average molecular weight is 291 g/mol. The van der Waals surface area contributed by atoms with E-state index in [1.165, 1.54) is 0 Å². The van der Waals surface area contributed by atoms with E-state index < -0.39 is 0 Å². The minimum atomic E-state index is -0.107. The maximum absolute atomic E-state index is 12.4. The number of para-hydroxylation sites is 1. The molecule has 21 heavy (non-hydrogen) atoms. The zero-order valence-electron chi connectivity index (χ0n) is 13.1. The van der Waals surface area contributed by atoms with E-state index in [4.69, 9.17) is 4.74 Å². The number of carbonyl (C=O) groups is 1. The van der Waals surface area contributed by atoms with Crippen LogP contribution in [0.1, 0.15) is 25.5 Å². The van der Waals surface area contributed by atoms with Crippen molar-refractivity contribution in [3.05, 3.63) is 29.8 Å². The summed E-state index contributed by atoms with van der Waals surface area (Å²) < 4.78 is 5.35. The number of carbonyl (C=O) groups excluding carboxylic acids is 1. The van der Waals surface area contributed by atoms with E-state index in [-0.39, 0.29) is 18.0 Å². The van der Waals surface area contributed by atoms with Crippen LogP contribution >= 0.6 is 0 Å². The molecule has 2 rings (SSSR count). The number of hydrogen-bond donors (Lipinski definition) is 2. The zero-order valence-corrected chi connectivity index (χ0v) is 13.1. The maximum Gasteiger partial charge on any atom is 0.237 e. The average Bonchev–Trinajstić information content (AvgIpc) is 2.54. The highest BCUT2D eigenvalue weighted by Crippen LogP contribution is 2.24. The molecule has 0 aromatic heterocycles. The standard InChI is InChI=1S/C16H25N3O2/c1-12(14-6-4-5-7-15(14)21-3)18-16(20)13(2)19-10-8-17-9-11-19/h4-7,12-13,17H,8-11H2,1-3H3,(H,18,20). The van der Waals surface area contributed by atoms with Gasteiger partial charge in [0.05, 0.1) is 19.2 Å². The fourth-order valence-electron chi connectivity index (χ4n) is 2.67. The van der Waals surface area contributed by atoms with Crippen molar-refractivity contribution in [2.24, 2.45) is 0 Å². The second-order valence-corrected chi connectivity index (χ2v) is 5.43. The third-order valence-electron chi connectivity index (χ3n) is 4.04. The molecule has 1 heterocycles. The third-order valence-corrected chi connectivity index (χ3v) is 4.04. The molecule has 1 aromatic rings. The lowest BCUT2D eigenvalue weighted by Crippen LogP contribution is -2.52. The fraction of sp³-hybridized carbons (Fsp3) is 0.562. The van der Waals surface area contributed by atoms with Gasteiger partial charge in [0.1, 0.15) is 5.75 Å². The van der Waals surface area contributed by atoms with Gasteiger partial charge in [-0.25, -0.2) is 0 Å². The molecule has 0 bridgehead atoms. The van der Waals surface area contributed by atoms with Crippen LogP contribution in [0.2, 0.25) is 0 Å². The number of hydrogen-bond acceptors (Lipinski definition) is 4. The molecule has 2 atom stereocenters. The van der Waals surface area contributed by atoms with E-state index in [0.29, 0.717) is 0 Å². The minimum Gasteiger partial charge on any atom is -0.496 e. The topological polar surface area (TPSA) is 53.6 Å². The monoisotopic (exact) mass is 291 g/mol. The first kappa shape index (κ1) is 15.8. The van der Waals surface area contributed by atoms with Gasteiger partial charge in [-0.1, -0.05) is 18.2 Å². The Bertz CT molecular complexity index is 472. The number of piperazine rings is 1. The maximum atomic E-state index is 12.4. The predicted molar refractivity (Wildman–Crippen MR) is 83.5 cm³/mol. The second kappa shape index (κ2) is 7.43. The van der Waals surface area contributed by atoms with Gasteiger partial charge in [-0.05, 0) is 19.9 Å². The summed E-state index contributed by atoms with van der Waals surface area (Å²) in [7, 11) is 1.65. The summed E-state index contributed by atoms with van der Waals surface area (Å²) in [6.45, 7) is 7.67. The lowest BCUT2D eigenvalue weighted by molar-refractivity contribution is -0.126. The first-order valence-electron chi connectivity index (χ1n) is 7.51. The molecule has 1 aliphatic rings. The molecule has 1 aromatic carbocycles. The lowest BCUT2D eigenvalue weighted by Gasteiger charge is -2.32. The van der Waals surface area contributed by atoms with Crippen molar-refractivity contribution in [2.45, 2.75) is 25.9 Å². The molecule has 0 radical (unpaired) electrons. The SMILES string of the molecule is COc1ccccc1C(C)NC(=O)C(C)N1CCNCC1. The van der Waals surface area contributed by atoms with Gasteiger partial charge in [0, 0.05) is 31.7 Å². The fourth-order valence-corrected chi connectivity index (χ4v) is 2.67. The van der Waals surface area contributed by atoms with Crippen LogP contribution in [0.3, 0.4) is 0 Å². The summed E-state index contributed by atoms with van der Waals surface area (Å²) in [6, 6.07) is 7.61. The van der Waals surface area contributed by atoms with E-state index in [0.717, 1.165) is 37.5 Å². The molecule has 2 N–H and O–H groups in total. The Morgan fingerprint density at radius 3 is 2.62 bits per heavy atom. The molecular weight excluding hydrogens is 266 g/mol. The summed E-state index contributed by atoms with van der Waals surface area (Å²) in [4.78, 5) is 14.6. The van der Waals surface area contributed by atoms with Crippen LogP contribution in [0.15, 0.2) is 24.3 Å².